The molecule has 5 heteroatoms. The summed E-state index contributed by atoms with van der Waals surface area (Å²) in [5, 5.41) is 1.28. The molecule has 2 aromatic carbocycles. The molecule has 0 aliphatic carbocycles. The average molecular weight is 505 g/mol. The van der Waals surface area contributed by atoms with Gasteiger partial charge in [0, 0.05) is 62.1 Å². The first-order valence-corrected chi connectivity index (χ1v) is 13.9. The van der Waals surface area contributed by atoms with Crippen LogP contribution in [0.3, 0.4) is 0 Å². The molecule has 2 aliphatic rings. The number of hydrogen-bond donors (Lipinski definition) is 0. The van der Waals surface area contributed by atoms with Crippen LogP contribution in [-0.4, -0.2) is 53.0 Å². The molecular formula is C33H36N4O. The number of hydrogen-bond acceptors (Lipinski definition) is 4. The van der Waals surface area contributed by atoms with Crippen LogP contribution in [0.25, 0.3) is 17.0 Å². The fourth-order valence-electron chi connectivity index (χ4n) is 6.12. The lowest BCUT2D eigenvalue weighted by molar-refractivity contribution is 0.104. The number of allylic oxidation sites excluding steroid dienone is 1. The minimum Gasteiger partial charge on any atom is -0.354 e. The van der Waals surface area contributed by atoms with Gasteiger partial charge in [0.15, 0.2) is 5.78 Å². The van der Waals surface area contributed by atoms with Crippen LogP contribution >= 0.6 is 0 Å². The number of piperazine rings is 1. The zero-order valence-electron chi connectivity index (χ0n) is 22.5. The molecule has 38 heavy (non-hydrogen) atoms. The Kier molecular flexibility index (Phi) is 6.86. The zero-order valence-corrected chi connectivity index (χ0v) is 22.5. The van der Waals surface area contributed by atoms with Gasteiger partial charge in [0.2, 0.25) is 0 Å². The Hall–Kier alpha value is -3.70. The average Bonchev–Trinajstić information content (AvgIpc) is 3.23. The van der Waals surface area contributed by atoms with Crippen molar-refractivity contribution in [3.8, 4) is 0 Å². The van der Waals surface area contributed by atoms with E-state index in [2.05, 4.69) is 57.5 Å². The molecule has 0 amide bonds. The largest absolute Gasteiger partial charge is 0.354 e. The van der Waals surface area contributed by atoms with Crippen molar-refractivity contribution in [1.29, 1.82) is 0 Å². The first-order valence-electron chi connectivity index (χ1n) is 13.9. The third-order valence-corrected chi connectivity index (χ3v) is 8.24. The van der Waals surface area contributed by atoms with Gasteiger partial charge in [-0.25, -0.2) is 4.98 Å². The quantitative estimate of drug-likeness (QED) is 0.234. The van der Waals surface area contributed by atoms with Crippen LogP contribution < -0.4 is 4.90 Å². The van der Waals surface area contributed by atoms with Crippen LogP contribution in [0.5, 0.6) is 0 Å². The van der Waals surface area contributed by atoms with E-state index >= 15 is 0 Å². The van der Waals surface area contributed by atoms with Gasteiger partial charge in [-0.15, -0.1) is 0 Å². The lowest BCUT2D eigenvalue weighted by Gasteiger charge is -2.35. The number of carbonyl (C=O) groups is 1. The highest BCUT2D eigenvalue weighted by Crippen LogP contribution is 2.34. The molecule has 5 nitrogen and oxygen atoms in total. The molecule has 194 valence electrons. The second-order valence-corrected chi connectivity index (χ2v) is 10.7. The first-order chi connectivity index (χ1) is 18.6. The molecule has 0 N–H and O–H groups in total. The summed E-state index contributed by atoms with van der Waals surface area (Å²) in [4.78, 5) is 22.8. The SMILES string of the molecule is Cc1ccnc(N2CCN(CCc3c(C)n4c5c(cc(C(=O)/C=C/c6ccccc6)cc35)CCC4)CC2)c1. The van der Waals surface area contributed by atoms with E-state index in [0.29, 0.717) is 0 Å². The van der Waals surface area contributed by atoms with Crippen LogP contribution in [0.15, 0.2) is 66.9 Å². The number of anilines is 1. The van der Waals surface area contributed by atoms with Crippen LogP contribution in [0.1, 0.15) is 44.7 Å². The third kappa shape index (κ3) is 4.91. The van der Waals surface area contributed by atoms with Crippen molar-refractivity contribution in [2.24, 2.45) is 0 Å². The van der Waals surface area contributed by atoms with Gasteiger partial charge in [0.1, 0.15) is 5.82 Å². The van der Waals surface area contributed by atoms with E-state index < -0.39 is 0 Å². The van der Waals surface area contributed by atoms with Crippen molar-refractivity contribution in [2.45, 2.75) is 39.7 Å². The predicted octanol–water partition coefficient (Wildman–Crippen LogP) is 5.86. The Labute approximate surface area is 225 Å². The number of benzene rings is 2. The van der Waals surface area contributed by atoms with Gasteiger partial charge < -0.3 is 9.47 Å². The summed E-state index contributed by atoms with van der Waals surface area (Å²) in [6.07, 6.45) is 8.72. The van der Waals surface area contributed by atoms with Gasteiger partial charge in [-0.05, 0) is 85.7 Å². The molecule has 4 heterocycles. The van der Waals surface area contributed by atoms with E-state index in [-0.39, 0.29) is 5.78 Å². The molecule has 0 saturated carbocycles. The summed E-state index contributed by atoms with van der Waals surface area (Å²) in [5.74, 6) is 1.17. The standard InChI is InChI=1S/C33H36N4O/c1-24-12-14-34-32(21-24)36-19-17-35(18-20-36)16-13-29-25(2)37-15-6-9-27-22-28(23-30(29)33(27)37)31(38)11-10-26-7-4-3-5-8-26/h3-5,7-8,10-12,14,21-23H,6,9,13,15-20H2,1-2H3/b11-10+. The zero-order chi connectivity index (χ0) is 26.1. The maximum Gasteiger partial charge on any atom is 0.185 e. The number of ketones is 1. The van der Waals surface area contributed by atoms with Gasteiger partial charge in [0.05, 0.1) is 5.52 Å². The number of carbonyl (C=O) groups excluding carboxylic acids is 1. The van der Waals surface area contributed by atoms with Gasteiger partial charge in [-0.2, -0.15) is 0 Å². The lowest BCUT2D eigenvalue weighted by Crippen LogP contribution is -2.47. The molecule has 0 unspecified atom stereocenters. The molecule has 0 radical (unpaired) electrons. The van der Waals surface area contributed by atoms with Crippen molar-refractivity contribution in [1.82, 2.24) is 14.5 Å². The number of rotatable bonds is 7. The normalized spacial score (nSPS) is 16.0. The summed E-state index contributed by atoms with van der Waals surface area (Å²) in [6, 6.07) is 18.6. The summed E-state index contributed by atoms with van der Waals surface area (Å²) < 4.78 is 2.50. The highest BCUT2D eigenvalue weighted by atomic mass is 16.1. The van der Waals surface area contributed by atoms with E-state index in [1.54, 1.807) is 6.08 Å². The highest BCUT2D eigenvalue weighted by molar-refractivity contribution is 6.09. The fourth-order valence-corrected chi connectivity index (χ4v) is 6.12. The second-order valence-electron chi connectivity index (χ2n) is 10.7. The molecule has 0 bridgehead atoms. The van der Waals surface area contributed by atoms with E-state index in [9.17, 15) is 4.79 Å². The van der Waals surface area contributed by atoms with Gasteiger partial charge in [-0.1, -0.05) is 36.4 Å². The molecule has 1 fully saturated rings. The number of aromatic nitrogens is 2. The Bertz CT molecular complexity index is 1490. The Morgan fingerprint density at radius 1 is 0.974 bits per heavy atom. The van der Waals surface area contributed by atoms with Gasteiger partial charge >= 0.3 is 0 Å². The van der Waals surface area contributed by atoms with Gasteiger partial charge in [-0.3, -0.25) is 9.69 Å². The maximum atomic E-state index is 13.2. The summed E-state index contributed by atoms with van der Waals surface area (Å²) in [6.45, 7) is 10.6. The van der Waals surface area contributed by atoms with Crippen molar-refractivity contribution >= 4 is 28.6 Å². The third-order valence-electron chi connectivity index (χ3n) is 8.24. The predicted molar refractivity (Wildman–Crippen MR) is 156 cm³/mol. The summed E-state index contributed by atoms with van der Waals surface area (Å²) in [7, 11) is 0. The first kappa shape index (κ1) is 24.6. The van der Waals surface area contributed by atoms with E-state index in [1.807, 2.05) is 42.6 Å². The van der Waals surface area contributed by atoms with Crippen LogP contribution in [0.4, 0.5) is 5.82 Å². The number of pyridine rings is 1. The molecule has 1 saturated heterocycles. The minimum atomic E-state index is 0.0785. The topological polar surface area (TPSA) is 41.4 Å². The van der Waals surface area contributed by atoms with Crippen LogP contribution in [-0.2, 0) is 19.4 Å². The van der Waals surface area contributed by atoms with Crippen LogP contribution in [0, 0.1) is 13.8 Å². The van der Waals surface area contributed by atoms with Gasteiger partial charge in [0.25, 0.3) is 0 Å². The summed E-state index contributed by atoms with van der Waals surface area (Å²) in [5.41, 5.74) is 8.56. The lowest BCUT2D eigenvalue weighted by atomic mass is 9.96. The molecule has 2 aliphatic heterocycles. The Morgan fingerprint density at radius 2 is 1.79 bits per heavy atom. The fraction of sp³-hybridized carbons (Fsp3) is 0.333. The molecule has 0 spiro atoms. The number of aryl methyl sites for hydroxylation is 3. The van der Waals surface area contributed by atoms with Crippen molar-refractivity contribution < 1.29 is 4.79 Å². The molecule has 6 rings (SSSR count). The molecule has 2 aromatic heterocycles. The highest BCUT2D eigenvalue weighted by Gasteiger charge is 2.23. The Balaban J connectivity index is 1.20. The maximum absolute atomic E-state index is 13.2. The molecule has 0 atom stereocenters. The molecule has 4 aromatic rings. The van der Waals surface area contributed by atoms with Crippen molar-refractivity contribution in [3.63, 3.8) is 0 Å². The molecular weight excluding hydrogens is 468 g/mol. The smallest absolute Gasteiger partial charge is 0.185 e. The van der Waals surface area contributed by atoms with E-state index in [4.69, 9.17) is 0 Å². The van der Waals surface area contributed by atoms with Crippen molar-refractivity contribution in [3.05, 3.63) is 100 Å². The summed E-state index contributed by atoms with van der Waals surface area (Å²) >= 11 is 0. The van der Waals surface area contributed by atoms with Crippen LogP contribution in [0.2, 0.25) is 0 Å². The van der Waals surface area contributed by atoms with E-state index in [0.717, 1.165) is 75.5 Å². The minimum absolute atomic E-state index is 0.0785. The van der Waals surface area contributed by atoms with E-state index in [1.165, 1.54) is 33.3 Å². The second kappa shape index (κ2) is 10.6. The number of nitrogens with zero attached hydrogens (tertiary/aromatic N) is 4. The monoisotopic (exact) mass is 504 g/mol. The van der Waals surface area contributed by atoms with Crippen molar-refractivity contribution in [2.75, 3.05) is 37.6 Å². The Morgan fingerprint density at radius 3 is 2.58 bits per heavy atom.